The molecule has 0 aliphatic carbocycles. The van der Waals surface area contributed by atoms with E-state index >= 15 is 0 Å². The molecule has 0 spiro atoms. The van der Waals surface area contributed by atoms with Crippen molar-refractivity contribution in [3.8, 4) is 22.6 Å². The molecule has 3 aromatic carbocycles. The van der Waals surface area contributed by atoms with Crippen molar-refractivity contribution in [3.05, 3.63) is 114 Å². The van der Waals surface area contributed by atoms with Gasteiger partial charge < -0.3 is 24.8 Å². The van der Waals surface area contributed by atoms with Gasteiger partial charge in [-0.3, -0.25) is 19.4 Å². The number of hydrogen-bond acceptors (Lipinski definition) is 6. The highest BCUT2D eigenvalue weighted by Gasteiger charge is 2.23. The summed E-state index contributed by atoms with van der Waals surface area (Å²) in [6, 6.07) is 25.2. The van der Waals surface area contributed by atoms with Crippen molar-refractivity contribution in [3.63, 3.8) is 0 Å². The van der Waals surface area contributed by atoms with E-state index in [0.717, 1.165) is 11.3 Å². The zero-order valence-corrected chi connectivity index (χ0v) is 24.3. The van der Waals surface area contributed by atoms with Gasteiger partial charge in [0.15, 0.2) is 11.5 Å². The van der Waals surface area contributed by atoms with Gasteiger partial charge in [-0.15, -0.1) is 0 Å². The Bertz CT molecular complexity index is 1560. The van der Waals surface area contributed by atoms with E-state index in [2.05, 4.69) is 10.3 Å². The third-order valence-electron chi connectivity index (χ3n) is 6.86. The van der Waals surface area contributed by atoms with Crippen LogP contribution in [0.4, 0.5) is 0 Å². The number of aromatic nitrogens is 1. The van der Waals surface area contributed by atoms with Gasteiger partial charge in [0.05, 0.1) is 32.4 Å². The highest BCUT2D eigenvalue weighted by molar-refractivity contribution is 6.06. The minimum Gasteiger partial charge on any atom is -0.493 e. The van der Waals surface area contributed by atoms with Gasteiger partial charge in [-0.1, -0.05) is 48.5 Å². The predicted molar refractivity (Wildman–Crippen MR) is 163 cm³/mol. The molecule has 4 rings (SSSR count). The number of carboxylic acids is 1. The molecule has 43 heavy (non-hydrogen) atoms. The quantitative estimate of drug-likeness (QED) is 0.209. The zero-order chi connectivity index (χ0) is 30.6. The first-order chi connectivity index (χ1) is 20.9. The number of ether oxygens (including phenoxy) is 2. The Morgan fingerprint density at radius 2 is 1.56 bits per heavy atom. The lowest BCUT2D eigenvalue weighted by Gasteiger charge is -2.24. The Morgan fingerprint density at radius 1 is 0.860 bits per heavy atom. The molecular weight excluding hydrogens is 546 g/mol. The van der Waals surface area contributed by atoms with Crippen molar-refractivity contribution in [1.82, 2.24) is 15.2 Å². The van der Waals surface area contributed by atoms with E-state index in [1.807, 2.05) is 55.5 Å². The molecule has 0 aliphatic heterocycles. The van der Waals surface area contributed by atoms with Crippen molar-refractivity contribution in [2.24, 2.45) is 0 Å². The molecule has 0 saturated heterocycles. The Kier molecular flexibility index (Phi) is 10.9. The lowest BCUT2D eigenvalue weighted by atomic mass is 9.94. The highest BCUT2D eigenvalue weighted by atomic mass is 16.5. The van der Waals surface area contributed by atoms with Crippen LogP contribution < -0.4 is 14.8 Å². The second-order valence-electron chi connectivity index (χ2n) is 9.70. The van der Waals surface area contributed by atoms with Gasteiger partial charge >= 0.3 is 5.97 Å². The minimum atomic E-state index is -0.997. The monoisotopic (exact) mass is 581 g/mol. The molecule has 0 unspecified atom stereocenters. The van der Waals surface area contributed by atoms with Crippen LogP contribution in [0.2, 0.25) is 0 Å². The largest absolute Gasteiger partial charge is 0.493 e. The first-order valence-corrected chi connectivity index (χ1v) is 14.1. The smallest absolute Gasteiger partial charge is 0.305 e. The maximum absolute atomic E-state index is 14.0. The van der Waals surface area contributed by atoms with Crippen LogP contribution in [0.25, 0.3) is 11.1 Å². The van der Waals surface area contributed by atoms with Crippen molar-refractivity contribution in [2.75, 3.05) is 26.8 Å². The summed E-state index contributed by atoms with van der Waals surface area (Å²) in [5.74, 6) is -0.395. The van der Waals surface area contributed by atoms with E-state index < -0.39 is 5.97 Å². The van der Waals surface area contributed by atoms with Crippen LogP contribution in [0.5, 0.6) is 11.5 Å². The standard InChI is InChI=1S/C34H35N3O6/c1-3-43-30-16-15-24(22-31(30)42-2)17-20-37(21-18-32(38)39)34(41)29-14-7-5-12-27(29)26-11-4-6-13-28(26)33(40)36-23-25-10-8-9-19-35-25/h4-16,19,22H,3,17-18,20-21,23H2,1-2H3,(H,36,40)(H,38,39). The van der Waals surface area contributed by atoms with E-state index in [9.17, 15) is 19.5 Å². The van der Waals surface area contributed by atoms with Crippen LogP contribution in [0.3, 0.4) is 0 Å². The normalized spacial score (nSPS) is 10.6. The van der Waals surface area contributed by atoms with Crippen LogP contribution in [0.1, 0.15) is 45.3 Å². The number of carboxylic acid groups (broad SMARTS) is 1. The van der Waals surface area contributed by atoms with Gasteiger partial charge in [0.2, 0.25) is 0 Å². The zero-order valence-electron chi connectivity index (χ0n) is 24.3. The average molecular weight is 582 g/mol. The Labute approximate surface area is 251 Å². The molecule has 2 amide bonds. The number of benzene rings is 3. The minimum absolute atomic E-state index is 0.0306. The lowest BCUT2D eigenvalue weighted by Crippen LogP contribution is -2.35. The fraction of sp³-hybridized carbons (Fsp3) is 0.235. The second-order valence-corrected chi connectivity index (χ2v) is 9.70. The van der Waals surface area contributed by atoms with Crippen molar-refractivity contribution >= 4 is 17.8 Å². The third kappa shape index (κ3) is 8.19. The summed E-state index contributed by atoms with van der Waals surface area (Å²) >= 11 is 0. The second kappa shape index (κ2) is 15.2. The van der Waals surface area contributed by atoms with Crippen LogP contribution in [-0.4, -0.2) is 59.6 Å². The molecule has 0 radical (unpaired) electrons. The Hall–Kier alpha value is -5.18. The first kappa shape index (κ1) is 30.8. The summed E-state index contributed by atoms with van der Waals surface area (Å²) in [6.45, 7) is 2.96. The average Bonchev–Trinajstić information content (AvgIpc) is 3.04. The summed E-state index contributed by atoms with van der Waals surface area (Å²) in [4.78, 5) is 44.5. The molecule has 0 aliphatic rings. The van der Waals surface area contributed by atoms with Crippen LogP contribution >= 0.6 is 0 Å². The van der Waals surface area contributed by atoms with E-state index in [-0.39, 0.29) is 37.9 Å². The van der Waals surface area contributed by atoms with Gasteiger partial charge in [-0.05, 0) is 66.4 Å². The SMILES string of the molecule is CCOc1ccc(CCN(CCC(=O)O)C(=O)c2ccccc2-c2ccccc2C(=O)NCc2ccccn2)cc1OC. The van der Waals surface area contributed by atoms with Crippen LogP contribution in [-0.2, 0) is 17.8 Å². The Balaban J connectivity index is 1.59. The topological polar surface area (TPSA) is 118 Å². The highest BCUT2D eigenvalue weighted by Crippen LogP contribution is 2.30. The Morgan fingerprint density at radius 3 is 2.23 bits per heavy atom. The molecular formula is C34H35N3O6. The van der Waals surface area contributed by atoms with Crippen molar-refractivity contribution < 1.29 is 29.0 Å². The summed E-state index contributed by atoms with van der Waals surface area (Å²) in [5, 5.41) is 12.3. The molecule has 9 heteroatoms. The lowest BCUT2D eigenvalue weighted by molar-refractivity contribution is -0.137. The number of hydrogen-bond donors (Lipinski definition) is 2. The fourth-order valence-corrected chi connectivity index (χ4v) is 4.71. The summed E-state index contributed by atoms with van der Waals surface area (Å²) in [7, 11) is 1.57. The molecule has 0 atom stereocenters. The van der Waals surface area contributed by atoms with E-state index in [4.69, 9.17) is 9.47 Å². The van der Waals surface area contributed by atoms with Gasteiger partial charge in [0.1, 0.15) is 0 Å². The van der Waals surface area contributed by atoms with E-state index in [0.29, 0.717) is 46.8 Å². The summed E-state index contributed by atoms with van der Waals surface area (Å²) in [5.41, 5.74) is 3.61. The molecule has 1 heterocycles. The molecule has 0 fully saturated rings. The molecule has 0 saturated carbocycles. The first-order valence-electron chi connectivity index (χ1n) is 14.1. The van der Waals surface area contributed by atoms with Gasteiger partial charge in [0.25, 0.3) is 11.8 Å². The summed E-state index contributed by atoms with van der Waals surface area (Å²) in [6.07, 6.45) is 1.94. The number of pyridine rings is 1. The summed E-state index contributed by atoms with van der Waals surface area (Å²) < 4.78 is 11.1. The van der Waals surface area contributed by atoms with E-state index in [1.54, 1.807) is 54.6 Å². The predicted octanol–water partition coefficient (Wildman–Crippen LogP) is 5.25. The molecule has 222 valence electrons. The van der Waals surface area contributed by atoms with Crippen molar-refractivity contribution in [1.29, 1.82) is 0 Å². The van der Waals surface area contributed by atoms with Crippen molar-refractivity contribution in [2.45, 2.75) is 26.3 Å². The molecule has 0 bridgehead atoms. The third-order valence-corrected chi connectivity index (χ3v) is 6.86. The maximum atomic E-state index is 14.0. The number of nitrogens with one attached hydrogen (secondary N) is 1. The van der Waals surface area contributed by atoms with Gasteiger partial charge in [-0.2, -0.15) is 0 Å². The number of amides is 2. The molecule has 4 aromatic rings. The van der Waals surface area contributed by atoms with E-state index in [1.165, 1.54) is 0 Å². The van der Waals surface area contributed by atoms with Gasteiger partial charge in [-0.25, -0.2) is 0 Å². The van der Waals surface area contributed by atoms with Crippen LogP contribution in [0, 0.1) is 0 Å². The number of rotatable bonds is 14. The number of methoxy groups -OCH3 is 1. The molecule has 1 aromatic heterocycles. The number of nitrogens with zero attached hydrogens (tertiary/aromatic N) is 2. The van der Waals surface area contributed by atoms with Crippen LogP contribution in [0.15, 0.2) is 91.1 Å². The maximum Gasteiger partial charge on any atom is 0.305 e. The number of aliphatic carboxylic acids is 1. The number of carbonyl (C=O) groups is 3. The fourth-order valence-electron chi connectivity index (χ4n) is 4.71. The molecule has 2 N–H and O–H groups in total. The number of carbonyl (C=O) groups excluding carboxylic acids is 2. The van der Waals surface area contributed by atoms with Gasteiger partial charge in [0, 0.05) is 30.4 Å². The molecule has 9 nitrogen and oxygen atoms in total.